The van der Waals surface area contributed by atoms with Gasteiger partial charge in [0.25, 0.3) is 0 Å². The summed E-state index contributed by atoms with van der Waals surface area (Å²) in [4.78, 5) is 10.3. The molecule has 0 amide bonds. The summed E-state index contributed by atoms with van der Waals surface area (Å²) in [5.74, 6) is -1.16. The third-order valence-electron chi connectivity index (χ3n) is 1.10. The van der Waals surface area contributed by atoms with Gasteiger partial charge in [-0.25, -0.2) is 4.79 Å². The van der Waals surface area contributed by atoms with E-state index >= 15 is 0 Å². The van der Waals surface area contributed by atoms with Crippen LogP contribution < -0.4 is 0 Å². The normalized spacial score (nSPS) is 14.8. The fourth-order valence-electron chi connectivity index (χ4n) is 0.691. The van der Waals surface area contributed by atoms with Crippen LogP contribution in [0.3, 0.4) is 0 Å². The number of hydrogen-bond acceptors (Lipinski definition) is 3. The number of carboxylic acid groups (broad SMARTS) is 1. The van der Waals surface area contributed by atoms with Gasteiger partial charge in [0.2, 0.25) is 0 Å². The number of rotatable bonds is 3. The summed E-state index contributed by atoms with van der Waals surface area (Å²) in [5, 5.41) is 17.6. The minimum atomic E-state index is -1.33. The van der Waals surface area contributed by atoms with Crippen molar-refractivity contribution >= 4 is 5.97 Å². The first-order chi connectivity index (χ1) is 4.39. The van der Waals surface area contributed by atoms with E-state index in [-0.39, 0.29) is 0 Å². The summed E-state index contributed by atoms with van der Waals surface area (Å²) in [6, 6.07) is 0. The second kappa shape index (κ2) is 2.98. The van der Waals surface area contributed by atoms with Crippen LogP contribution in [0.4, 0.5) is 0 Å². The Morgan fingerprint density at radius 3 is 2.00 bits per heavy atom. The van der Waals surface area contributed by atoms with E-state index in [2.05, 4.69) is 4.74 Å². The smallest absolute Gasteiger partial charge is 0.335 e. The Morgan fingerprint density at radius 1 is 1.60 bits per heavy atom. The molecular formula is C6H12O4. The molecule has 0 aromatic heterocycles. The quantitative estimate of drug-likeness (QED) is 0.584. The predicted octanol–water partition coefficient (Wildman–Crippen LogP) is -0.143. The van der Waals surface area contributed by atoms with Crippen LogP contribution in [0.5, 0.6) is 0 Å². The van der Waals surface area contributed by atoms with Crippen LogP contribution in [0, 0.1) is 0 Å². The summed E-state index contributed by atoms with van der Waals surface area (Å²) < 4.78 is 4.53. The molecular weight excluding hydrogens is 136 g/mol. The van der Waals surface area contributed by atoms with Crippen molar-refractivity contribution in [2.75, 3.05) is 7.11 Å². The molecule has 0 aliphatic rings. The molecule has 0 saturated carbocycles. The third kappa shape index (κ3) is 2.33. The second-order valence-corrected chi connectivity index (χ2v) is 2.61. The van der Waals surface area contributed by atoms with E-state index in [1.165, 1.54) is 21.0 Å². The zero-order valence-electron chi connectivity index (χ0n) is 6.29. The lowest BCUT2D eigenvalue weighted by Gasteiger charge is -2.23. The van der Waals surface area contributed by atoms with E-state index in [0.717, 1.165) is 0 Å². The molecule has 0 spiro atoms. The van der Waals surface area contributed by atoms with Gasteiger partial charge in [-0.05, 0) is 13.8 Å². The monoisotopic (exact) mass is 148 g/mol. The summed E-state index contributed by atoms with van der Waals surface area (Å²) in [5.41, 5.74) is -1.33. The van der Waals surface area contributed by atoms with Gasteiger partial charge in [0.1, 0.15) is 0 Å². The minimum absolute atomic E-state index is 1.16. The fraction of sp³-hybridized carbons (Fsp3) is 0.833. The van der Waals surface area contributed by atoms with Crippen LogP contribution in [-0.2, 0) is 9.53 Å². The second-order valence-electron chi connectivity index (χ2n) is 2.61. The standard InChI is InChI=1S/C6H12O4/c1-6(2,9)4(10-3)5(7)8/h4,9H,1-3H3,(H,7,8)/t4-/m1/s1. The summed E-state index contributed by atoms with van der Waals surface area (Å²) >= 11 is 0. The molecule has 0 radical (unpaired) electrons. The van der Waals surface area contributed by atoms with E-state index in [1.54, 1.807) is 0 Å². The fourth-order valence-corrected chi connectivity index (χ4v) is 0.691. The molecule has 0 fully saturated rings. The molecule has 10 heavy (non-hydrogen) atoms. The Morgan fingerprint density at radius 2 is 2.00 bits per heavy atom. The molecule has 0 heterocycles. The molecule has 0 rings (SSSR count). The Bertz CT molecular complexity index is 124. The van der Waals surface area contributed by atoms with Crippen LogP contribution in [0.25, 0.3) is 0 Å². The number of aliphatic carboxylic acids is 1. The van der Waals surface area contributed by atoms with Crippen LogP contribution in [0.2, 0.25) is 0 Å². The Hall–Kier alpha value is -0.610. The van der Waals surface area contributed by atoms with E-state index in [9.17, 15) is 4.79 Å². The number of methoxy groups -OCH3 is 1. The van der Waals surface area contributed by atoms with Gasteiger partial charge in [0.05, 0.1) is 5.60 Å². The van der Waals surface area contributed by atoms with Crippen molar-refractivity contribution in [3.05, 3.63) is 0 Å². The molecule has 0 bridgehead atoms. The summed E-state index contributed by atoms with van der Waals surface area (Å²) in [7, 11) is 1.25. The number of carbonyl (C=O) groups is 1. The summed E-state index contributed by atoms with van der Waals surface area (Å²) in [6.45, 7) is 2.77. The Balaban J connectivity index is 4.22. The van der Waals surface area contributed by atoms with Crippen LogP contribution >= 0.6 is 0 Å². The average molecular weight is 148 g/mol. The zero-order valence-corrected chi connectivity index (χ0v) is 6.29. The maximum Gasteiger partial charge on any atom is 0.335 e. The van der Waals surface area contributed by atoms with E-state index in [1.807, 2.05) is 0 Å². The van der Waals surface area contributed by atoms with Gasteiger partial charge in [-0.15, -0.1) is 0 Å². The van der Waals surface area contributed by atoms with Gasteiger partial charge in [-0.2, -0.15) is 0 Å². The lowest BCUT2D eigenvalue weighted by atomic mass is 10.0. The molecule has 0 saturated heterocycles. The molecule has 4 heteroatoms. The van der Waals surface area contributed by atoms with Crippen LogP contribution in [0.1, 0.15) is 13.8 Å². The molecule has 2 N–H and O–H groups in total. The van der Waals surface area contributed by atoms with Crippen molar-refractivity contribution in [2.45, 2.75) is 25.6 Å². The van der Waals surface area contributed by atoms with Crippen molar-refractivity contribution in [1.82, 2.24) is 0 Å². The third-order valence-corrected chi connectivity index (χ3v) is 1.10. The highest BCUT2D eigenvalue weighted by Gasteiger charge is 2.32. The van der Waals surface area contributed by atoms with E-state index < -0.39 is 17.7 Å². The maximum absolute atomic E-state index is 10.3. The molecule has 0 unspecified atom stereocenters. The highest BCUT2D eigenvalue weighted by Crippen LogP contribution is 2.11. The molecule has 60 valence electrons. The van der Waals surface area contributed by atoms with Gasteiger partial charge in [0, 0.05) is 7.11 Å². The summed E-state index contributed by atoms with van der Waals surface area (Å²) in [6.07, 6.45) is -1.16. The molecule has 0 aromatic carbocycles. The van der Waals surface area contributed by atoms with Gasteiger partial charge >= 0.3 is 5.97 Å². The average Bonchev–Trinajstić information content (AvgIpc) is 1.60. The van der Waals surface area contributed by atoms with Crippen molar-refractivity contribution in [3.63, 3.8) is 0 Å². The van der Waals surface area contributed by atoms with Crippen molar-refractivity contribution in [3.8, 4) is 0 Å². The molecule has 4 nitrogen and oxygen atoms in total. The van der Waals surface area contributed by atoms with Crippen molar-refractivity contribution < 1.29 is 19.7 Å². The topological polar surface area (TPSA) is 66.8 Å². The number of aliphatic hydroxyl groups is 1. The Kier molecular flexibility index (Phi) is 2.80. The largest absolute Gasteiger partial charge is 0.479 e. The minimum Gasteiger partial charge on any atom is -0.479 e. The van der Waals surface area contributed by atoms with Gasteiger partial charge in [0.15, 0.2) is 6.10 Å². The Labute approximate surface area is 59.4 Å². The number of ether oxygens (including phenoxy) is 1. The first kappa shape index (κ1) is 9.39. The first-order valence-corrected chi connectivity index (χ1v) is 2.87. The van der Waals surface area contributed by atoms with Gasteiger partial charge in [-0.3, -0.25) is 0 Å². The van der Waals surface area contributed by atoms with Crippen LogP contribution in [-0.4, -0.2) is 35.0 Å². The highest BCUT2D eigenvalue weighted by molar-refractivity contribution is 5.73. The number of hydrogen-bond donors (Lipinski definition) is 2. The molecule has 1 atom stereocenters. The zero-order chi connectivity index (χ0) is 8.36. The highest BCUT2D eigenvalue weighted by atomic mass is 16.5. The van der Waals surface area contributed by atoms with Gasteiger partial charge < -0.3 is 14.9 Å². The maximum atomic E-state index is 10.3. The van der Waals surface area contributed by atoms with Crippen molar-refractivity contribution in [2.24, 2.45) is 0 Å². The van der Waals surface area contributed by atoms with Gasteiger partial charge in [-0.1, -0.05) is 0 Å². The van der Waals surface area contributed by atoms with E-state index in [0.29, 0.717) is 0 Å². The predicted molar refractivity (Wildman–Crippen MR) is 34.7 cm³/mol. The lowest BCUT2D eigenvalue weighted by molar-refractivity contribution is -0.163. The van der Waals surface area contributed by atoms with Crippen molar-refractivity contribution in [1.29, 1.82) is 0 Å². The van der Waals surface area contributed by atoms with Crippen LogP contribution in [0.15, 0.2) is 0 Å². The molecule has 0 aromatic rings. The number of carboxylic acids is 1. The van der Waals surface area contributed by atoms with E-state index in [4.69, 9.17) is 10.2 Å². The molecule has 0 aliphatic heterocycles. The first-order valence-electron chi connectivity index (χ1n) is 2.87. The molecule has 0 aliphatic carbocycles. The lowest BCUT2D eigenvalue weighted by Crippen LogP contribution is -2.43. The SMILES string of the molecule is CO[C@H](C(=O)O)C(C)(C)O.